The summed E-state index contributed by atoms with van der Waals surface area (Å²) < 4.78 is 7.22. The van der Waals surface area contributed by atoms with Crippen molar-refractivity contribution in [2.24, 2.45) is 7.05 Å². The molecule has 0 fully saturated rings. The second kappa shape index (κ2) is 6.08. The lowest BCUT2D eigenvalue weighted by Crippen LogP contribution is -2.22. The van der Waals surface area contributed by atoms with Crippen LogP contribution in [0.2, 0.25) is 5.02 Å². The van der Waals surface area contributed by atoms with Gasteiger partial charge in [-0.3, -0.25) is 4.68 Å². The minimum absolute atomic E-state index is 0.0207. The van der Waals surface area contributed by atoms with Crippen molar-refractivity contribution >= 4 is 11.6 Å². The highest BCUT2D eigenvalue weighted by atomic mass is 35.5. The molecule has 0 aliphatic heterocycles. The molecule has 0 radical (unpaired) electrons. The SMILES string of the molecule is CCNC(c1cnn(C)c1)c1cc(Cl)ccc1OC. The molecule has 0 aliphatic carbocycles. The normalized spacial score (nSPS) is 12.4. The van der Waals surface area contributed by atoms with Crippen molar-refractivity contribution in [1.29, 1.82) is 0 Å². The number of aromatic nitrogens is 2. The van der Waals surface area contributed by atoms with Crippen molar-refractivity contribution in [3.63, 3.8) is 0 Å². The highest BCUT2D eigenvalue weighted by Crippen LogP contribution is 2.32. The lowest BCUT2D eigenvalue weighted by molar-refractivity contribution is 0.404. The van der Waals surface area contributed by atoms with E-state index in [1.54, 1.807) is 11.8 Å². The molecule has 2 aromatic rings. The number of aryl methyl sites for hydroxylation is 1. The Morgan fingerprint density at radius 1 is 1.47 bits per heavy atom. The van der Waals surface area contributed by atoms with Gasteiger partial charge in [-0.2, -0.15) is 5.10 Å². The standard InChI is InChI=1S/C14H18ClN3O/c1-4-16-14(10-8-17-18(2)9-10)12-7-11(15)5-6-13(12)19-3/h5-9,14,16H,4H2,1-3H3. The second-order valence-electron chi connectivity index (χ2n) is 4.32. The van der Waals surface area contributed by atoms with Crippen LogP contribution in [0.25, 0.3) is 0 Å². The Morgan fingerprint density at radius 3 is 2.84 bits per heavy atom. The van der Waals surface area contributed by atoms with Crippen molar-refractivity contribution < 1.29 is 4.74 Å². The summed E-state index contributed by atoms with van der Waals surface area (Å²) in [6, 6.07) is 5.67. The average molecular weight is 280 g/mol. The molecule has 0 spiro atoms. The van der Waals surface area contributed by atoms with E-state index >= 15 is 0 Å². The monoisotopic (exact) mass is 279 g/mol. The van der Waals surface area contributed by atoms with Gasteiger partial charge in [-0.15, -0.1) is 0 Å². The van der Waals surface area contributed by atoms with Crippen molar-refractivity contribution in [2.75, 3.05) is 13.7 Å². The summed E-state index contributed by atoms with van der Waals surface area (Å²) in [6.07, 6.45) is 3.85. The molecule has 19 heavy (non-hydrogen) atoms. The Morgan fingerprint density at radius 2 is 2.26 bits per heavy atom. The van der Waals surface area contributed by atoms with Gasteiger partial charge in [-0.1, -0.05) is 18.5 Å². The molecule has 102 valence electrons. The molecule has 1 unspecified atom stereocenters. The molecule has 0 amide bonds. The zero-order valence-electron chi connectivity index (χ0n) is 11.4. The van der Waals surface area contributed by atoms with E-state index in [4.69, 9.17) is 16.3 Å². The Bertz CT molecular complexity index is 553. The maximum atomic E-state index is 6.11. The maximum absolute atomic E-state index is 6.11. The van der Waals surface area contributed by atoms with Crippen LogP contribution in [0.5, 0.6) is 5.75 Å². The molecular weight excluding hydrogens is 262 g/mol. The molecule has 0 saturated carbocycles. The summed E-state index contributed by atoms with van der Waals surface area (Å²) in [6.45, 7) is 2.91. The van der Waals surface area contributed by atoms with Gasteiger partial charge in [0.05, 0.1) is 19.3 Å². The Kier molecular flexibility index (Phi) is 4.45. The van der Waals surface area contributed by atoms with Gasteiger partial charge >= 0.3 is 0 Å². The number of methoxy groups -OCH3 is 1. The molecule has 1 heterocycles. The fourth-order valence-electron chi connectivity index (χ4n) is 2.13. The highest BCUT2D eigenvalue weighted by molar-refractivity contribution is 6.30. The van der Waals surface area contributed by atoms with E-state index in [-0.39, 0.29) is 6.04 Å². The van der Waals surface area contributed by atoms with Crippen LogP contribution >= 0.6 is 11.6 Å². The van der Waals surface area contributed by atoms with Gasteiger partial charge in [0, 0.05) is 29.4 Å². The third-order valence-corrected chi connectivity index (χ3v) is 3.20. The summed E-state index contributed by atoms with van der Waals surface area (Å²) in [5.41, 5.74) is 2.11. The van der Waals surface area contributed by atoms with Gasteiger partial charge in [0.15, 0.2) is 0 Å². The summed E-state index contributed by atoms with van der Waals surface area (Å²) in [7, 11) is 3.57. The van der Waals surface area contributed by atoms with E-state index < -0.39 is 0 Å². The first-order valence-electron chi connectivity index (χ1n) is 6.21. The van der Waals surface area contributed by atoms with E-state index in [0.717, 1.165) is 23.4 Å². The van der Waals surface area contributed by atoms with Crippen molar-refractivity contribution in [3.05, 3.63) is 46.7 Å². The molecular formula is C14H18ClN3O. The lowest BCUT2D eigenvalue weighted by Gasteiger charge is -2.20. The molecule has 0 aliphatic rings. The number of nitrogens with zero attached hydrogens (tertiary/aromatic N) is 2. The number of ether oxygens (including phenoxy) is 1. The predicted molar refractivity (Wildman–Crippen MR) is 76.7 cm³/mol. The lowest BCUT2D eigenvalue weighted by atomic mass is 10.0. The van der Waals surface area contributed by atoms with Crippen molar-refractivity contribution in [2.45, 2.75) is 13.0 Å². The summed E-state index contributed by atoms with van der Waals surface area (Å²) in [5, 5.41) is 8.36. The molecule has 1 aromatic carbocycles. The van der Waals surface area contributed by atoms with Crippen molar-refractivity contribution in [1.82, 2.24) is 15.1 Å². The van der Waals surface area contributed by atoms with Crippen LogP contribution in [-0.2, 0) is 7.05 Å². The van der Waals surface area contributed by atoms with Crippen LogP contribution in [0.4, 0.5) is 0 Å². The summed E-state index contributed by atoms with van der Waals surface area (Å²) in [4.78, 5) is 0. The zero-order chi connectivity index (χ0) is 13.8. The third kappa shape index (κ3) is 3.08. The Labute approximate surface area is 118 Å². The smallest absolute Gasteiger partial charge is 0.124 e. The van der Waals surface area contributed by atoms with Crippen LogP contribution in [0.3, 0.4) is 0 Å². The van der Waals surface area contributed by atoms with Crippen LogP contribution in [0.1, 0.15) is 24.1 Å². The van der Waals surface area contributed by atoms with Crippen molar-refractivity contribution in [3.8, 4) is 5.75 Å². The van der Waals surface area contributed by atoms with E-state index in [0.29, 0.717) is 5.02 Å². The van der Waals surface area contributed by atoms with Gasteiger partial charge in [-0.05, 0) is 24.7 Å². The number of halogens is 1. The van der Waals surface area contributed by atoms with Gasteiger partial charge in [0.1, 0.15) is 5.75 Å². The molecule has 5 heteroatoms. The highest BCUT2D eigenvalue weighted by Gasteiger charge is 2.19. The van der Waals surface area contributed by atoms with Crippen LogP contribution in [0.15, 0.2) is 30.6 Å². The van der Waals surface area contributed by atoms with Gasteiger partial charge < -0.3 is 10.1 Å². The van der Waals surface area contributed by atoms with E-state index in [9.17, 15) is 0 Å². The fraction of sp³-hybridized carbons (Fsp3) is 0.357. The molecule has 0 saturated heterocycles. The number of nitrogens with one attached hydrogen (secondary N) is 1. The van der Waals surface area contributed by atoms with Gasteiger partial charge in [0.2, 0.25) is 0 Å². The van der Waals surface area contributed by atoms with E-state index in [2.05, 4.69) is 17.3 Å². The number of benzene rings is 1. The van der Waals surface area contributed by atoms with Crippen LogP contribution in [0, 0.1) is 0 Å². The first kappa shape index (κ1) is 13.9. The first-order chi connectivity index (χ1) is 9.15. The average Bonchev–Trinajstić information content (AvgIpc) is 2.82. The molecule has 1 atom stereocenters. The largest absolute Gasteiger partial charge is 0.496 e. The second-order valence-corrected chi connectivity index (χ2v) is 4.76. The number of rotatable bonds is 5. The minimum Gasteiger partial charge on any atom is -0.496 e. The van der Waals surface area contributed by atoms with E-state index in [1.807, 2.05) is 37.6 Å². The first-order valence-corrected chi connectivity index (χ1v) is 6.59. The van der Waals surface area contributed by atoms with E-state index in [1.165, 1.54) is 0 Å². The predicted octanol–water partition coefficient (Wildman–Crippen LogP) is 2.78. The van der Waals surface area contributed by atoms with Gasteiger partial charge in [-0.25, -0.2) is 0 Å². The minimum atomic E-state index is 0.0207. The number of hydrogen-bond acceptors (Lipinski definition) is 3. The zero-order valence-corrected chi connectivity index (χ0v) is 12.1. The summed E-state index contributed by atoms with van der Waals surface area (Å²) in [5.74, 6) is 0.819. The van der Waals surface area contributed by atoms with Gasteiger partial charge in [0.25, 0.3) is 0 Å². The summed E-state index contributed by atoms with van der Waals surface area (Å²) >= 11 is 6.11. The number of hydrogen-bond donors (Lipinski definition) is 1. The fourth-order valence-corrected chi connectivity index (χ4v) is 2.31. The molecule has 2 rings (SSSR count). The topological polar surface area (TPSA) is 39.1 Å². The Hall–Kier alpha value is -1.52. The van der Waals surface area contributed by atoms with Crippen LogP contribution in [-0.4, -0.2) is 23.4 Å². The maximum Gasteiger partial charge on any atom is 0.124 e. The third-order valence-electron chi connectivity index (χ3n) is 2.97. The Balaban J connectivity index is 2.46. The quantitative estimate of drug-likeness (QED) is 0.915. The van der Waals surface area contributed by atoms with Crippen LogP contribution < -0.4 is 10.1 Å². The molecule has 4 nitrogen and oxygen atoms in total. The molecule has 0 bridgehead atoms. The molecule has 1 N–H and O–H groups in total. The molecule has 1 aromatic heterocycles.